The average molecular weight is 271 g/mol. The number of rotatable bonds is 3. The van der Waals surface area contributed by atoms with Crippen molar-refractivity contribution in [3.8, 4) is 0 Å². The topological polar surface area (TPSA) is 59.0 Å². The Morgan fingerprint density at radius 1 is 1.42 bits per heavy atom. The predicted octanol–water partition coefficient (Wildman–Crippen LogP) is 1.93. The molecule has 19 heavy (non-hydrogen) atoms. The predicted molar refractivity (Wildman–Crippen MR) is 71.0 cm³/mol. The van der Waals surface area contributed by atoms with Gasteiger partial charge in [0.25, 0.3) is 0 Å². The molecule has 0 spiro atoms. The Balaban J connectivity index is 2.12. The first-order valence-corrected chi connectivity index (χ1v) is 7.09. The van der Waals surface area contributed by atoms with Crippen molar-refractivity contribution >= 4 is 6.09 Å². The lowest BCUT2D eigenvalue weighted by molar-refractivity contribution is -0.134. The summed E-state index contributed by atoms with van der Waals surface area (Å²) in [5, 5.41) is 9.25. The second-order valence-electron chi connectivity index (χ2n) is 6.59. The van der Waals surface area contributed by atoms with Gasteiger partial charge in [0.15, 0.2) is 0 Å². The summed E-state index contributed by atoms with van der Waals surface area (Å²) < 4.78 is 11.2. The summed E-state index contributed by atoms with van der Waals surface area (Å²) in [4.78, 5) is 14.1. The van der Waals surface area contributed by atoms with Gasteiger partial charge < -0.3 is 14.6 Å². The second kappa shape index (κ2) is 5.29. The second-order valence-corrected chi connectivity index (χ2v) is 6.59. The van der Waals surface area contributed by atoms with Crippen molar-refractivity contribution in [1.29, 1.82) is 0 Å². The van der Waals surface area contributed by atoms with Crippen molar-refractivity contribution in [2.24, 2.45) is 0 Å². The van der Waals surface area contributed by atoms with Gasteiger partial charge >= 0.3 is 6.09 Å². The van der Waals surface area contributed by atoms with Crippen LogP contribution in [0.3, 0.4) is 0 Å². The zero-order valence-corrected chi connectivity index (χ0v) is 12.1. The van der Waals surface area contributed by atoms with Crippen LogP contribution in [0.25, 0.3) is 0 Å². The molecule has 5 nitrogen and oxygen atoms in total. The molecule has 0 atom stereocenters. The number of hydrogen-bond acceptors (Lipinski definition) is 4. The van der Waals surface area contributed by atoms with E-state index >= 15 is 0 Å². The third kappa shape index (κ3) is 3.20. The zero-order chi connectivity index (χ0) is 14.1. The van der Waals surface area contributed by atoms with Crippen LogP contribution in [-0.4, -0.2) is 53.1 Å². The van der Waals surface area contributed by atoms with Crippen LogP contribution < -0.4 is 0 Å². The molecule has 1 aliphatic carbocycles. The van der Waals surface area contributed by atoms with E-state index in [0.29, 0.717) is 19.3 Å². The van der Waals surface area contributed by atoms with Gasteiger partial charge in [-0.2, -0.15) is 0 Å². The minimum atomic E-state index is -0.520. The molecule has 1 amide bonds. The molecule has 1 saturated carbocycles. The van der Waals surface area contributed by atoms with E-state index < -0.39 is 5.60 Å². The minimum Gasteiger partial charge on any atom is -0.444 e. The fourth-order valence-electron chi connectivity index (χ4n) is 3.00. The number of β-amino-alcohol motifs (C(OH)–C–C–N with tert-alkyl or cyclic N) is 1. The van der Waals surface area contributed by atoms with Gasteiger partial charge in [-0.3, -0.25) is 4.90 Å². The summed E-state index contributed by atoms with van der Waals surface area (Å²) in [6.07, 6.45) is 3.88. The molecule has 2 aliphatic heterocycles. The Kier molecular flexibility index (Phi) is 4.06. The lowest BCUT2D eigenvalue weighted by Crippen LogP contribution is -2.62. The first kappa shape index (κ1) is 14.6. The highest BCUT2D eigenvalue weighted by molar-refractivity contribution is 5.69. The van der Waals surface area contributed by atoms with Crippen LogP contribution in [0.5, 0.6) is 0 Å². The van der Waals surface area contributed by atoms with E-state index in [1.54, 1.807) is 4.90 Å². The SMILES string of the molecule is CC(C)(C)OC(=O)N(CCO)C12CCC(CC1)OC2. The van der Waals surface area contributed by atoms with Crippen LogP contribution in [0.2, 0.25) is 0 Å². The summed E-state index contributed by atoms with van der Waals surface area (Å²) in [7, 11) is 0. The number of ether oxygens (including phenoxy) is 2. The third-order valence-electron chi connectivity index (χ3n) is 3.96. The van der Waals surface area contributed by atoms with Crippen molar-refractivity contribution in [2.75, 3.05) is 19.8 Å². The van der Waals surface area contributed by atoms with E-state index in [1.807, 2.05) is 20.8 Å². The van der Waals surface area contributed by atoms with Gasteiger partial charge in [0.1, 0.15) is 5.60 Å². The molecule has 0 unspecified atom stereocenters. The highest BCUT2D eigenvalue weighted by Crippen LogP contribution is 2.41. The monoisotopic (exact) mass is 271 g/mol. The molecule has 110 valence electrons. The molecule has 2 saturated heterocycles. The number of aliphatic hydroxyl groups excluding tert-OH is 1. The van der Waals surface area contributed by atoms with Crippen LogP contribution in [0, 0.1) is 0 Å². The maximum atomic E-state index is 12.4. The van der Waals surface area contributed by atoms with E-state index in [4.69, 9.17) is 9.47 Å². The van der Waals surface area contributed by atoms with Crippen molar-refractivity contribution in [3.05, 3.63) is 0 Å². The Morgan fingerprint density at radius 2 is 2.05 bits per heavy atom. The maximum Gasteiger partial charge on any atom is 0.410 e. The molecule has 2 bridgehead atoms. The van der Waals surface area contributed by atoms with E-state index in [0.717, 1.165) is 25.7 Å². The molecule has 3 fully saturated rings. The van der Waals surface area contributed by atoms with E-state index in [2.05, 4.69) is 0 Å². The molecule has 3 rings (SSSR count). The number of carbonyl (C=O) groups is 1. The number of fused-ring (bicyclic) bond motifs is 3. The molecule has 5 heteroatoms. The quantitative estimate of drug-likeness (QED) is 0.852. The van der Waals surface area contributed by atoms with Gasteiger partial charge in [-0.15, -0.1) is 0 Å². The van der Waals surface area contributed by atoms with E-state index in [-0.39, 0.29) is 18.2 Å². The smallest absolute Gasteiger partial charge is 0.410 e. The molecule has 2 heterocycles. The largest absolute Gasteiger partial charge is 0.444 e. The van der Waals surface area contributed by atoms with Crippen LogP contribution >= 0.6 is 0 Å². The van der Waals surface area contributed by atoms with E-state index in [1.165, 1.54) is 0 Å². The molecule has 1 N–H and O–H groups in total. The third-order valence-corrected chi connectivity index (χ3v) is 3.96. The van der Waals surface area contributed by atoms with Crippen LogP contribution in [0.4, 0.5) is 4.79 Å². The van der Waals surface area contributed by atoms with Gasteiger partial charge in [-0.25, -0.2) is 4.79 Å². The fourth-order valence-corrected chi connectivity index (χ4v) is 3.00. The molecule has 0 radical (unpaired) electrons. The Morgan fingerprint density at radius 3 is 2.47 bits per heavy atom. The zero-order valence-electron chi connectivity index (χ0n) is 12.1. The minimum absolute atomic E-state index is 0.0512. The summed E-state index contributed by atoms with van der Waals surface area (Å²) in [6.45, 7) is 6.39. The van der Waals surface area contributed by atoms with Gasteiger partial charge in [0.05, 0.1) is 24.9 Å². The Hall–Kier alpha value is -0.810. The summed E-state index contributed by atoms with van der Waals surface area (Å²) in [6, 6.07) is 0. The molecule has 0 aromatic rings. The lowest BCUT2D eigenvalue weighted by Gasteiger charge is -2.52. The van der Waals surface area contributed by atoms with Gasteiger partial charge in [-0.05, 0) is 46.5 Å². The number of nitrogens with zero attached hydrogens (tertiary/aromatic N) is 1. The van der Waals surface area contributed by atoms with Crippen LogP contribution in [-0.2, 0) is 9.47 Å². The molecule has 0 aromatic heterocycles. The molecule has 3 aliphatic rings. The number of amides is 1. The molecular weight excluding hydrogens is 246 g/mol. The Labute approximate surface area is 114 Å². The van der Waals surface area contributed by atoms with Gasteiger partial charge in [0, 0.05) is 6.54 Å². The first-order chi connectivity index (χ1) is 8.86. The van der Waals surface area contributed by atoms with Crippen LogP contribution in [0.1, 0.15) is 46.5 Å². The fraction of sp³-hybridized carbons (Fsp3) is 0.929. The molecular formula is C14H25NO4. The van der Waals surface area contributed by atoms with Crippen molar-refractivity contribution in [3.63, 3.8) is 0 Å². The summed E-state index contributed by atoms with van der Waals surface area (Å²) >= 11 is 0. The average Bonchev–Trinajstić information content (AvgIpc) is 2.35. The normalized spacial score (nSPS) is 30.2. The standard InChI is InChI=1S/C14H25NO4/c1-13(2,3)19-12(17)15(8-9-16)14-6-4-11(5-7-14)18-10-14/h11,16H,4-10H2,1-3H3. The highest BCUT2D eigenvalue weighted by Gasteiger charge is 2.48. The Bertz CT molecular complexity index is 315. The first-order valence-electron chi connectivity index (χ1n) is 7.09. The summed E-state index contributed by atoms with van der Waals surface area (Å²) in [5.74, 6) is 0. The van der Waals surface area contributed by atoms with Crippen molar-refractivity contribution < 1.29 is 19.4 Å². The molecule has 0 aromatic carbocycles. The van der Waals surface area contributed by atoms with Crippen molar-refractivity contribution in [2.45, 2.75) is 63.7 Å². The maximum absolute atomic E-state index is 12.4. The van der Waals surface area contributed by atoms with E-state index in [9.17, 15) is 9.90 Å². The van der Waals surface area contributed by atoms with Gasteiger partial charge in [0.2, 0.25) is 0 Å². The number of hydrogen-bond donors (Lipinski definition) is 1. The number of carbonyl (C=O) groups excluding carboxylic acids is 1. The van der Waals surface area contributed by atoms with Crippen LogP contribution in [0.15, 0.2) is 0 Å². The van der Waals surface area contributed by atoms with Crippen molar-refractivity contribution in [1.82, 2.24) is 4.90 Å². The van der Waals surface area contributed by atoms with Gasteiger partial charge in [-0.1, -0.05) is 0 Å². The lowest BCUT2D eigenvalue weighted by atomic mass is 9.77. The number of aliphatic hydroxyl groups is 1. The summed E-state index contributed by atoms with van der Waals surface area (Å²) in [5.41, 5.74) is -0.798. The highest BCUT2D eigenvalue weighted by atomic mass is 16.6.